The molecule has 0 saturated carbocycles. The quantitative estimate of drug-likeness (QED) is 0.748. The molecular formula is C19H21FN4. The van der Waals surface area contributed by atoms with Crippen molar-refractivity contribution in [1.29, 1.82) is 0 Å². The maximum Gasteiger partial charge on any atom is 0.137 e. The Morgan fingerprint density at radius 3 is 2.75 bits per heavy atom. The summed E-state index contributed by atoms with van der Waals surface area (Å²) < 4.78 is 13.5. The number of benzene rings is 2. The van der Waals surface area contributed by atoms with Crippen LogP contribution in [-0.4, -0.2) is 28.5 Å². The van der Waals surface area contributed by atoms with Crippen molar-refractivity contribution < 1.29 is 4.39 Å². The van der Waals surface area contributed by atoms with Crippen molar-refractivity contribution in [2.75, 3.05) is 18.9 Å². The first-order chi connectivity index (χ1) is 11.7. The molecule has 124 valence electrons. The van der Waals surface area contributed by atoms with Crippen LogP contribution in [0.25, 0.3) is 10.9 Å². The summed E-state index contributed by atoms with van der Waals surface area (Å²) in [6, 6.07) is 13.0. The van der Waals surface area contributed by atoms with Crippen LogP contribution in [0.5, 0.6) is 0 Å². The van der Waals surface area contributed by atoms with Crippen molar-refractivity contribution in [2.24, 2.45) is 0 Å². The molecule has 1 aromatic heterocycles. The largest absolute Gasteiger partial charge is 0.365 e. The Kier molecular flexibility index (Phi) is 5.01. The van der Waals surface area contributed by atoms with Crippen LogP contribution in [0.15, 0.2) is 48.8 Å². The van der Waals surface area contributed by atoms with E-state index in [2.05, 4.69) is 58.4 Å². The van der Waals surface area contributed by atoms with E-state index < -0.39 is 0 Å². The number of nitrogens with one attached hydrogen (secondary N) is 1. The van der Waals surface area contributed by atoms with Gasteiger partial charge in [-0.15, -0.1) is 0 Å². The fraction of sp³-hybridized carbons (Fsp3) is 0.263. The monoisotopic (exact) mass is 324 g/mol. The highest BCUT2D eigenvalue weighted by Crippen LogP contribution is 2.21. The number of anilines is 1. The third-order valence-electron chi connectivity index (χ3n) is 4.04. The van der Waals surface area contributed by atoms with Crippen LogP contribution in [0.1, 0.15) is 18.1 Å². The van der Waals surface area contributed by atoms with Gasteiger partial charge in [-0.3, -0.25) is 0 Å². The lowest BCUT2D eigenvalue weighted by molar-refractivity contribution is 0.345. The number of fused-ring (bicyclic) bond motifs is 1. The Bertz CT molecular complexity index is 834. The lowest BCUT2D eigenvalue weighted by atomic mass is 10.1. The van der Waals surface area contributed by atoms with E-state index in [4.69, 9.17) is 0 Å². The number of halogens is 1. The van der Waals surface area contributed by atoms with Crippen LogP contribution in [0.2, 0.25) is 0 Å². The zero-order valence-electron chi connectivity index (χ0n) is 14.0. The second-order valence-corrected chi connectivity index (χ2v) is 5.89. The number of rotatable bonds is 6. The van der Waals surface area contributed by atoms with Gasteiger partial charge in [0.15, 0.2) is 0 Å². The summed E-state index contributed by atoms with van der Waals surface area (Å²) in [6.07, 6.45) is 1.50. The molecule has 4 nitrogen and oxygen atoms in total. The van der Waals surface area contributed by atoms with Gasteiger partial charge in [0.1, 0.15) is 18.0 Å². The first-order valence-electron chi connectivity index (χ1n) is 8.06. The molecule has 24 heavy (non-hydrogen) atoms. The number of hydrogen-bond donors (Lipinski definition) is 1. The Morgan fingerprint density at radius 1 is 1.08 bits per heavy atom. The van der Waals surface area contributed by atoms with E-state index in [0.717, 1.165) is 18.6 Å². The predicted octanol–water partition coefficient (Wildman–Crippen LogP) is 3.83. The molecule has 0 radical (unpaired) electrons. The minimum absolute atomic E-state index is 0.287. The average Bonchev–Trinajstić information content (AvgIpc) is 2.60. The van der Waals surface area contributed by atoms with Crippen molar-refractivity contribution in [2.45, 2.75) is 20.0 Å². The SMILES string of the molecule is CCN(C)Cc1cccc(CNc2ncnc3ccc(F)cc23)c1. The van der Waals surface area contributed by atoms with Crippen LogP contribution >= 0.6 is 0 Å². The van der Waals surface area contributed by atoms with Crippen LogP contribution in [0, 0.1) is 5.82 Å². The first kappa shape index (κ1) is 16.3. The van der Waals surface area contributed by atoms with Gasteiger partial charge in [0, 0.05) is 18.5 Å². The van der Waals surface area contributed by atoms with Crippen molar-refractivity contribution >= 4 is 16.7 Å². The third kappa shape index (κ3) is 3.86. The molecule has 1 N–H and O–H groups in total. The molecule has 5 heteroatoms. The van der Waals surface area contributed by atoms with Crippen LogP contribution < -0.4 is 5.32 Å². The van der Waals surface area contributed by atoms with Crippen molar-refractivity contribution in [3.8, 4) is 0 Å². The molecule has 0 unspecified atom stereocenters. The summed E-state index contributed by atoms with van der Waals surface area (Å²) >= 11 is 0. The molecule has 0 saturated heterocycles. The fourth-order valence-corrected chi connectivity index (χ4v) is 2.62. The van der Waals surface area contributed by atoms with E-state index in [0.29, 0.717) is 17.7 Å². The van der Waals surface area contributed by atoms with Crippen molar-refractivity contribution in [3.05, 3.63) is 65.7 Å². The highest BCUT2D eigenvalue weighted by Gasteiger charge is 2.05. The van der Waals surface area contributed by atoms with Gasteiger partial charge in [-0.05, 0) is 42.9 Å². The summed E-state index contributed by atoms with van der Waals surface area (Å²) in [7, 11) is 2.10. The van der Waals surface area contributed by atoms with Gasteiger partial charge < -0.3 is 10.2 Å². The third-order valence-corrected chi connectivity index (χ3v) is 4.04. The molecule has 0 bridgehead atoms. The van der Waals surface area contributed by atoms with E-state index in [1.54, 1.807) is 6.07 Å². The van der Waals surface area contributed by atoms with Gasteiger partial charge >= 0.3 is 0 Å². The summed E-state index contributed by atoms with van der Waals surface area (Å²) in [4.78, 5) is 10.7. The molecule has 1 heterocycles. The molecule has 3 rings (SSSR count). The molecule has 3 aromatic rings. The van der Waals surface area contributed by atoms with Gasteiger partial charge in [0.05, 0.1) is 5.52 Å². The number of nitrogens with zero attached hydrogens (tertiary/aromatic N) is 3. The first-order valence-corrected chi connectivity index (χ1v) is 8.06. The summed E-state index contributed by atoms with van der Waals surface area (Å²) in [5, 5.41) is 3.99. The standard InChI is InChI=1S/C19H21FN4/c1-3-24(2)12-15-6-4-5-14(9-15)11-21-19-17-10-16(20)7-8-18(17)22-13-23-19/h4-10,13H,3,11-12H2,1-2H3,(H,21,22,23). The average molecular weight is 324 g/mol. The summed E-state index contributed by atoms with van der Waals surface area (Å²) in [5.41, 5.74) is 3.17. The normalized spacial score (nSPS) is 11.2. The fourth-order valence-electron chi connectivity index (χ4n) is 2.62. The Balaban J connectivity index is 1.76. The highest BCUT2D eigenvalue weighted by atomic mass is 19.1. The zero-order chi connectivity index (χ0) is 16.9. The molecule has 0 atom stereocenters. The Hall–Kier alpha value is -2.53. The minimum Gasteiger partial charge on any atom is -0.365 e. The van der Waals surface area contributed by atoms with E-state index in [-0.39, 0.29) is 5.82 Å². The molecule has 0 amide bonds. The van der Waals surface area contributed by atoms with E-state index in [1.165, 1.54) is 29.6 Å². The van der Waals surface area contributed by atoms with E-state index >= 15 is 0 Å². The van der Waals surface area contributed by atoms with E-state index in [1.807, 2.05) is 0 Å². The van der Waals surface area contributed by atoms with Gasteiger partial charge in [-0.1, -0.05) is 31.2 Å². The van der Waals surface area contributed by atoms with Gasteiger partial charge in [0.2, 0.25) is 0 Å². The molecule has 2 aromatic carbocycles. The maximum absolute atomic E-state index is 13.5. The predicted molar refractivity (Wildman–Crippen MR) is 95.3 cm³/mol. The molecular weight excluding hydrogens is 303 g/mol. The van der Waals surface area contributed by atoms with E-state index in [9.17, 15) is 4.39 Å². The maximum atomic E-state index is 13.5. The van der Waals surface area contributed by atoms with Crippen LogP contribution in [0.3, 0.4) is 0 Å². The number of aromatic nitrogens is 2. The van der Waals surface area contributed by atoms with Crippen molar-refractivity contribution in [3.63, 3.8) is 0 Å². The smallest absolute Gasteiger partial charge is 0.137 e. The topological polar surface area (TPSA) is 41.0 Å². The van der Waals surface area contributed by atoms with Crippen LogP contribution in [0.4, 0.5) is 10.2 Å². The second kappa shape index (κ2) is 7.36. The zero-order valence-corrected chi connectivity index (χ0v) is 14.0. The van der Waals surface area contributed by atoms with Crippen molar-refractivity contribution in [1.82, 2.24) is 14.9 Å². The molecule has 0 fully saturated rings. The van der Waals surface area contributed by atoms with Gasteiger partial charge in [-0.2, -0.15) is 0 Å². The summed E-state index contributed by atoms with van der Waals surface area (Å²) in [5.74, 6) is 0.362. The van der Waals surface area contributed by atoms with Crippen LogP contribution in [-0.2, 0) is 13.1 Å². The van der Waals surface area contributed by atoms with Gasteiger partial charge in [-0.25, -0.2) is 14.4 Å². The molecule has 0 spiro atoms. The highest BCUT2D eigenvalue weighted by molar-refractivity contribution is 5.88. The summed E-state index contributed by atoms with van der Waals surface area (Å²) in [6.45, 7) is 4.71. The lowest BCUT2D eigenvalue weighted by Crippen LogP contribution is -2.16. The molecule has 0 aliphatic rings. The second-order valence-electron chi connectivity index (χ2n) is 5.89. The Labute approximate surface area is 141 Å². The molecule has 0 aliphatic carbocycles. The minimum atomic E-state index is -0.287. The van der Waals surface area contributed by atoms with Gasteiger partial charge in [0.25, 0.3) is 0 Å². The molecule has 0 aliphatic heterocycles. The lowest BCUT2D eigenvalue weighted by Gasteiger charge is -2.15. The number of hydrogen-bond acceptors (Lipinski definition) is 4. The Morgan fingerprint density at radius 2 is 1.92 bits per heavy atom.